The second kappa shape index (κ2) is 6.73. The standard InChI is InChI=1S/C14H21NO4/c1-10-12(7-13(19-10)14(16)17)8-15-5-2-6-18-9-11-3-4-11/h7,11,15H,2-6,8-9H2,1H3,(H,16,17). The largest absolute Gasteiger partial charge is 0.475 e. The maximum Gasteiger partial charge on any atom is 0.371 e. The summed E-state index contributed by atoms with van der Waals surface area (Å²) in [5.74, 6) is 0.454. The van der Waals surface area contributed by atoms with Gasteiger partial charge in [-0.2, -0.15) is 0 Å². The molecule has 1 aromatic heterocycles. The van der Waals surface area contributed by atoms with Gasteiger partial charge in [-0.25, -0.2) is 4.79 Å². The van der Waals surface area contributed by atoms with E-state index in [1.54, 1.807) is 13.0 Å². The number of nitrogens with one attached hydrogen (secondary N) is 1. The maximum atomic E-state index is 10.7. The molecule has 0 aromatic carbocycles. The van der Waals surface area contributed by atoms with Gasteiger partial charge in [-0.15, -0.1) is 0 Å². The first-order valence-electron chi connectivity index (χ1n) is 6.78. The third-order valence-corrected chi connectivity index (χ3v) is 3.24. The average Bonchev–Trinajstić information content (AvgIpc) is 3.11. The summed E-state index contributed by atoms with van der Waals surface area (Å²) >= 11 is 0. The Morgan fingerprint density at radius 1 is 1.58 bits per heavy atom. The van der Waals surface area contributed by atoms with Gasteiger partial charge in [0.2, 0.25) is 5.76 Å². The summed E-state index contributed by atoms with van der Waals surface area (Å²) in [6, 6.07) is 1.58. The summed E-state index contributed by atoms with van der Waals surface area (Å²) in [4.78, 5) is 10.7. The SMILES string of the molecule is Cc1oc(C(=O)O)cc1CNCCCOCC1CC1. The van der Waals surface area contributed by atoms with E-state index in [2.05, 4.69) is 5.32 Å². The molecule has 0 aliphatic heterocycles. The van der Waals surface area contributed by atoms with Gasteiger partial charge in [0.1, 0.15) is 5.76 Å². The lowest BCUT2D eigenvalue weighted by Gasteiger charge is -2.04. The molecule has 5 heteroatoms. The monoisotopic (exact) mass is 267 g/mol. The van der Waals surface area contributed by atoms with Crippen LogP contribution in [0.2, 0.25) is 0 Å². The molecule has 0 saturated heterocycles. The van der Waals surface area contributed by atoms with Crippen molar-refractivity contribution in [3.63, 3.8) is 0 Å². The first-order chi connectivity index (χ1) is 9.16. The Hall–Kier alpha value is -1.33. The van der Waals surface area contributed by atoms with Crippen LogP contribution in [0.4, 0.5) is 0 Å². The smallest absolute Gasteiger partial charge is 0.371 e. The van der Waals surface area contributed by atoms with Crippen molar-refractivity contribution in [1.29, 1.82) is 0 Å². The molecule has 19 heavy (non-hydrogen) atoms. The molecule has 1 saturated carbocycles. The van der Waals surface area contributed by atoms with E-state index in [1.165, 1.54) is 12.8 Å². The van der Waals surface area contributed by atoms with Crippen molar-refractivity contribution in [1.82, 2.24) is 5.32 Å². The Morgan fingerprint density at radius 3 is 3.00 bits per heavy atom. The normalized spacial score (nSPS) is 14.8. The van der Waals surface area contributed by atoms with Gasteiger partial charge in [0.15, 0.2) is 0 Å². The molecule has 1 heterocycles. The number of aryl methyl sites for hydroxylation is 1. The number of aromatic carboxylic acids is 1. The molecular formula is C14H21NO4. The number of ether oxygens (including phenoxy) is 1. The topological polar surface area (TPSA) is 71.7 Å². The van der Waals surface area contributed by atoms with Gasteiger partial charge in [-0.3, -0.25) is 0 Å². The fraction of sp³-hybridized carbons (Fsp3) is 0.643. The molecule has 1 aliphatic rings. The summed E-state index contributed by atoms with van der Waals surface area (Å²) in [5, 5.41) is 12.1. The third-order valence-electron chi connectivity index (χ3n) is 3.24. The summed E-state index contributed by atoms with van der Waals surface area (Å²) in [6.07, 6.45) is 3.61. The lowest BCUT2D eigenvalue weighted by molar-refractivity contribution is 0.0661. The van der Waals surface area contributed by atoms with Gasteiger partial charge in [0.05, 0.1) is 0 Å². The molecule has 2 rings (SSSR count). The van der Waals surface area contributed by atoms with E-state index in [4.69, 9.17) is 14.3 Å². The highest BCUT2D eigenvalue weighted by Gasteiger charge is 2.20. The lowest BCUT2D eigenvalue weighted by Crippen LogP contribution is -2.16. The number of furan rings is 1. The molecule has 1 fully saturated rings. The highest BCUT2D eigenvalue weighted by Crippen LogP contribution is 2.28. The molecule has 0 unspecified atom stereocenters. The lowest BCUT2D eigenvalue weighted by atomic mass is 10.2. The molecule has 1 aliphatic carbocycles. The van der Waals surface area contributed by atoms with Crippen molar-refractivity contribution in [3.8, 4) is 0 Å². The minimum absolute atomic E-state index is 0.00191. The van der Waals surface area contributed by atoms with Crippen LogP contribution in [-0.2, 0) is 11.3 Å². The predicted molar refractivity (Wildman–Crippen MR) is 70.3 cm³/mol. The van der Waals surface area contributed by atoms with Crippen LogP contribution < -0.4 is 5.32 Å². The van der Waals surface area contributed by atoms with Crippen LogP contribution in [0, 0.1) is 12.8 Å². The molecule has 106 valence electrons. The van der Waals surface area contributed by atoms with Crippen LogP contribution in [-0.4, -0.2) is 30.8 Å². The molecular weight excluding hydrogens is 246 g/mol. The van der Waals surface area contributed by atoms with Crippen LogP contribution in [0.1, 0.15) is 41.1 Å². The minimum Gasteiger partial charge on any atom is -0.475 e. The predicted octanol–water partition coefficient (Wildman–Crippen LogP) is 2.19. The Labute approximate surface area is 112 Å². The first kappa shape index (κ1) is 14.1. The van der Waals surface area contributed by atoms with Crippen molar-refractivity contribution >= 4 is 5.97 Å². The van der Waals surface area contributed by atoms with Crippen molar-refractivity contribution in [2.45, 2.75) is 32.7 Å². The van der Waals surface area contributed by atoms with Gasteiger partial charge in [0.25, 0.3) is 0 Å². The fourth-order valence-electron chi connectivity index (χ4n) is 1.86. The number of hydrogen-bond donors (Lipinski definition) is 2. The maximum absolute atomic E-state index is 10.7. The quantitative estimate of drug-likeness (QED) is 0.671. The van der Waals surface area contributed by atoms with Gasteiger partial charge >= 0.3 is 5.97 Å². The zero-order chi connectivity index (χ0) is 13.7. The summed E-state index contributed by atoms with van der Waals surface area (Å²) < 4.78 is 10.7. The summed E-state index contributed by atoms with van der Waals surface area (Å²) in [5.41, 5.74) is 0.899. The van der Waals surface area contributed by atoms with E-state index >= 15 is 0 Å². The van der Waals surface area contributed by atoms with Crippen LogP contribution >= 0.6 is 0 Å². The molecule has 0 spiro atoms. The van der Waals surface area contributed by atoms with Crippen LogP contribution in [0.3, 0.4) is 0 Å². The minimum atomic E-state index is -1.03. The second-order valence-corrected chi connectivity index (χ2v) is 5.05. The van der Waals surface area contributed by atoms with Crippen molar-refractivity contribution in [3.05, 3.63) is 23.2 Å². The van der Waals surface area contributed by atoms with Crippen molar-refractivity contribution in [2.24, 2.45) is 5.92 Å². The summed E-state index contributed by atoms with van der Waals surface area (Å²) in [7, 11) is 0. The molecule has 5 nitrogen and oxygen atoms in total. The third kappa shape index (κ3) is 4.69. The number of carbonyl (C=O) groups is 1. The van der Waals surface area contributed by atoms with Gasteiger partial charge in [-0.1, -0.05) is 0 Å². The highest BCUT2D eigenvalue weighted by molar-refractivity contribution is 5.84. The van der Waals surface area contributed by atoms with E-state index in [1.807, 2.05) is 0 Å². The van der Waals surface area contributed by atoms with Crippen molar-refractivity contribution in [2.75, 3.05) is 19.8 Å². The Balaban J connectivity index is 1.57. The molecule has 1 aromatic rings. The number of carboxylic acids is 1. The molecule has 0 amide bonds. The summed E-state index contributed by atoms with van der Waals surface area (Å²) in [6.45, 7) is 4.96. The van der Waals surface area contributed by atoms with Gasteiger partial charge in [-0.05, 0) is 44.7 Å². The highest BCUT2D eigenvalue weighted by atomic mass is 16.5. The van der Waals surface area contributed by atoms with E-state index in [-0.39, 0.29) is 5.76 Å². The fourth-order valence-corrected chi connectivity index (χ4v) is 1.86. The van der Waals surface area contributed by atoms with E-state index in [9.17, 15) is 4.79 Å². The molecule has 0 bridgehead atoms. The van der Waals surface area contributed by atoms with Crippen LogP contribution in [0.25, 0.3) is 0 Å². The number of rotatable bonds is 9. The van der Waals surface area contributed by atoms with Gasteiger partial charge < -0.3 is 19.6 Å². The number of carboxylic acid groups (broad SMARTS) is 1. The number of hydrogen-bond acceptors (Lipinski definition) is 4. The Kier molecular flexibility index (Phi) is 4.99. The zero-order valence-corrected chi connectivity index (χ0v) is 11.3. The average molecular weight is 267 g/mol. The first-order valence-corrected chi connectivity index (χ1v) is 6.78. The zero-order valence-electron chi connectivity index (χ0n) is 11.3. The van der Waals surface area contributed by atoms with Crippen molar-refractivity contribution < 1.29 is 19.1 Å². The molecule has 0 atom stereocenters. The second-order valence-electron chi connectivity index (χ2n) is 5.05. The van der Waals surface area contributed by atoms with E-state index in [0.29, 0.717) is 12.3 Å². The Bertz CT molecular complexity index is 423. The van der Waals surface area contributed by atoms with Crippen LogP contribution in [0.15, 0.2) is 10.5 Å². The Morgan fingerprint density at radius 2 is 2.37 bits per heavy atom. The molecule has 0 radical (unpaired) electrons. The van der Waals surface area contributed by atoms with Gasteiger partial charge in [0, 0.05) is 25.3 Å². The van der Waals surface area contributed by atoms with E-state index < -0.39 is 5.97 Å². The van der Waals surface area contributed by atoms with Crippen LogP contribution in [0.5, 0.6) is 0 Å². The van der Waals surface area contributed by atoms with E-state index in [0.717, 1.165) is 37.7 Å². The molecule has 2 N–H and O–H groups in total.